The van der Waals surface area contributed by atoms with Crippen LogP contribution in [0.2, 0.25) is 0 Å². The fourth-order valence-corrected chi connectivity index (χ4v) is 3.70. The van der Waals surface area contributed by atoms with Crippen LogP contribution < -0.4 is 10.6 Å². The normalized spacial score (nSPS) is 17.3. The lowest BCUT2D eigenvalue weighted by Crippen LogP contribution is -2.39. The topological polar surface area (TPSA) is 106 Å². The predicted octanol–water partition coefficient (Wildman–Crippen LogP) is 1.15. The van der Waals surface area contributed by atoms with Crippen LogP contribution in [0.5, 0.6) is 0 Å². The van der Waals surface area contributed by atoms with Crippen molar-refractivity contribution in [2.75, 3.05) is 25.0 Å². The van der Waals surface area contributed by atoms with Crippen molar-refractivity contribution in [3.8, 4) is 0 Å². The van der Waals surface area contributed by atoms with Crippen molar-refractivity contribution in [1.29, 1.82) is 0 Å². The fourth-order valence-electron chi connectivity index (χ4n) is 3.70. The van der Waals surface area contributed by atoms with E-state index in [1.165, 1.54) is 0 Å². The first-order chi connectivity index (χ1) is 14.0. The predicted molar refractivity (Wildman–Crippen MR) is 110 cm³/mol. The first-order valence-electron chi connectivity index (χ1n) is 9.92. The number of hydrogen-bond acceptors (Lipinski definition) is 7. The van der Waals surface area contributed by atoms with E-state index in [1.807, 2.05) is 31.8 Å². The van der Waals surface area contributed by atoms with Crippen LogP contribution in [0.25, 0.3) is 11.0 Å². The maximum absolute atomic E-state index is 12.0. The summed E-state index contributed by atoms with van der Waals surface area (Å²) < 4.78 is 3.66. The van der Waals surface area contributed by atoms with E-state index in [9.17, 15) is 4.79 Å². The first kappa shape index (κ1) is 19.3. The minimum absolute atomic E-state index is 0.0871. The highest BCUT2D eigenvalue weighted by atomic mass is 16.2. The minimum atomic E-state index is 0.0871. The molecule has 0 aromatic carbocycles. The summed E-state index contributed by atoms with van der Waals surface area (Å²) in [6.07, 6.45) is 8.22. The van der Waals surface area contributed by atoms with Gasteiger partial charge in [-0.25, -0.2) is 9.67 Å². The summed E-state index contributed by atoms with van der Waals surface area (Å²) in [6.45, 7) is 7.00. The average molecular weight is 397 g/mol. The Morgan fingerprint density at radius 2 is 2.14 bits per heavy atom. The van der Waals surface area contributed by atoms with Gasteiger partial charge in [0.1, 0.15) is 0 Å². The second-order valence-corrected chi connectivity index (χ2v) is 7.94. The van der Waals surface area contributed by atoms with E-state index in [0.29, 0.717) is 18.4 Å². The molecule has 4 heterocycles. The van der Waals surface area contributed by atoms with E-state index < -0.39 is 0 Å². The molecule has 10 heteroatoms. The second-order valence-electron chi connectivity index (χ2n) is 7.94. The highest BCUT2D eigenvalue weighted by Gasteiger charge is 2.25. The van der Waals surface area contributed by atoms with Gasteiger partial charge in [-0.05, 0) is 32.7 Å². The Labute approximate surface area is 169 Å². The third-order valence-electron chi connectivity index (χ3n) is 4.96. The van der Waals surface area contributed by atoms with Gasteiger partial charge in [-0.15, -0.1) is 0 Å². The van der Waals surface area contributed by atoms with Gasteiger partial charge in [0.25, 0.3) is 0 Å². The molecule has 3 aromatic heterocycles. The van der Waals surface area contributed by atoms with Crippen LogP contribution in [0.15, 0.2) is 24.8 Å². The molecule has 0 radical (unpaired) electrons. The number of fused-ring (bicyclic) bond motifs is 1. The van der Waals surface area contributed by atoms with Crippen LogP contribution in [0.4, 0.5) is 11.6 Å². The fraction of sp³-hybridized carbons (Fsp3) is 0.526. The quantitative estimate of drug-likeness (QED) is 0.616. The Hall–Kier alpha value is -3.01. The van der Waals surface area contributed by atoms with Gasteiger partial charge < -0.3 is 10.6 Å². The molecule has 0 saturated carbocycles. The van der Waals surface area contributed by atoms with Gasteiger partial charge in [0.2, 0.25) is 11.9 Å². The van der Waals surface area contributed by atoms with Crippen LogP contribution >= 0.6 is 0 Å². The van der Waals surface area contributed by atoms with E-state index >= 15 is 0 Å². The van der Waals surface area contributed by atoms with E-state index in [0.717, 1.165) is 42.8 Å². The molecule has 0 aliphatic carbocycles. The Balaban J connectivity index is 1.40. The van der Waals surface area contributed by atoms with Gasteiger partial charge in [0, 0.05) is 38.6 Å². The monoisotopic (exact) mass is 397 g/mol. The lowest BCUT2D eigenvalue weighted by molar-refractivity contribution is -0.122. The summed E-state index contributed by atoms with van der Waals surface area (Å²) in [5.41, 5.74) is 1.64. The summed E-state index contributed by atoms with van der Waals surface area (Å²) in [5.74, 6) is 1.05. The summed E-state index contributed by atoms with van der Waals surface area (Å²) in [4.78, 5) is 23.2. The smallest absolute Gasteiger partial charge is 0.234 e. The molecule has 154 valence electrons. The third kappa shape index (κ3) is 4.70. The number of aryl methyl sites for hydroxylation is 1. The molecule has 1 aliphatic heterocycles. The van der Waals surface area contributed by atoms with Crippen molar-refractivity contribution in [1.82, 2.24) is 39.7 Å². The van der Waals surface area contributed by atoms with Crippen molar-refractivity contribution in [3.63, 3.8) is 0 Å². The summed E-state index contributed by atoms with van der Waals surface area (Å²) in [6, 6.07) is 0.172. The molecule has 0 bridgehead atoms. The molecule has 10 nitrogen and oxygen atoms in total. The number of carbonyl (C=O) groups is 1. The van der Waals surface area contributed by atoms with E-state index in [-0.39, 0.29) is 11.9 Å². The number of carbonyl (C=O) groups excluding carboxylic acids is 1. The number of likely N-dealkylation sites (tertiary alicyclic amines) is 1. The molecule has 29 heavy (non-hydrogen) atoms. The number of aromatic nitrogens is 6. The Kier molecular flexibility index (Phi) is 5.43. The van der Waals surface area contributed by atoms with E-state index in [1.54, 1.807) is 23.3 Å². The van der Waals surface area contributed by atoms with E-state index in [2.05, 4.69) is 35.7 Å². The van der Waals surface area contributed by atoms with Gasteiger partial charge in [-0.2, -0.15) is 15.2 Å². The lowest BCUT2D eigenvalue weighted by Gasteiger charge is -2.17. The summed E-state index contributed by atoms with van der Waals surface area (Å²) >= 11 is 0. The SMILES string of the molecule is CC(C)NC(=O)CN1CCC(Cn2ncc3cnc(Nc4cnn(C)c4)nc32)C1. The number of nitrogens with one attached hydrogen (secondary N) is 2. The second kappa shape index (κ2) is 8.16. The summed E-state index contributed by atoms with van der Waals surface area (Å²) in [7, 11) is 1.86. The zero-order chi connectivity index (χ0) is 20.4. The zero-order valence-corrected chi connectivity index (χ0v) is 17.0. The van der Waals surface area contributed by atoms with Crippen molar-refractivity contribution < 1.29 is 4.79 Å². The van der Waals surface area contributed by atoms with Crippen LogP contribution in [0, 0.1) is 5.92 Å². The number of hydrogen-bond donors (Lipinski definition) is 2. The largest absolute Gasteiger partial charge is 0.353 e. The number of anilines is 2. The van der Waals surface area contributed by atoms with Gasteiger partial charge in [0.05, 0.1) is 30.0 Å². The maximum atomic E-state index is 12.0. The highest BCUT2D eigenvalue weighted by molar-refractivity contribution is 5.78. The molecule has 4 rings (SSSR count). The molecule has 0 spiro atoms. The highest BCUT2D eigenvalue weighted by Crippen LogP contribution is 2.21. The van der Waals surface area contributed by atoms with Crippen molar-refractivity contribution in [2.24, 2.45) is 13.0 Å². The molecule has 2 N–H and O–H groups in total. The van der Waals surface area contributed by atoms with Crippen LogP contribution in [0.1, 0.15) is 20.3 Å². The minimum Gasteiger partial charge on any atom is -0.353 e. The van der Waals surface area contributed by atoms with Crippen molar-refractivity contribution in [3.05, 3.63) is 24.8 Å². The van der Waals surface area contributed by atoms with Crippen molar-refractivity contribution in [2.45, 2.75) is 32.9 Å². The molecular formula is C19H27N9O. The average Bonchev–Trinajstić information content (AvgIpc) is 3.36. The molecule has 1 atom stereocenters. The molecular weight excluding hydrogens is 370 g/mol. The molecule has 1 aliphatic rings. The number of amides is 1. The maximum Gasteiger partial charge on any atom is 0.234 e. The number of nitrogens with zero attached hydrogens (tertiary/aromatic N) is 7. The zero-order valence-electron chi connectivity index (χ0n) is 17.0. The standard InChI is InChI=1S/C19H27N9O/c1-13(2)23-17(29)12-27-5-4-14(9-27)10-28-18-15(7-22-28)6-20-19(25-18)24-16-8-21-26(3)11-16/h6-8,11,13-14H,4-5,9-10,12H2,1-3H3,(H,23,29)(H,20,24,25). The van der Waals surface area contributed by atoms with E-state index in [4.69, 9.17) is 0 Å². The van der Waals surface area contributed by atoms with Crippen LogP contribution in [0.3, 0.4) is 0 Å². The summed E-state index contributed by atoms with van der Waals surface area (Å²) in [5, 5.41) is 15.7. The molecule has 1 amide bonds. The third-order valence-corrected chi connectivity index (χ3v) is 4.96. The number of rotatable bonds is 7. The van der Waals surface area contributed by atoms with Gasteiger partial charge in [-0.3, -0.25) is 14.4 Å². The van der Waals surface area contributed by atoms with Gasteiger partial charge >= 0.3 is 0 Å². The Morgan fingerprint density at radius 3 is 2.90 bits per heavy atom. The molecule has 1 fully saturated rings. The Bertz CT molecular complexity index is 993. The van der Waals surface area contributed by atoms with Crippen molar-refractivity contribution >= 4 is 28.6 Å². The first-order valence-corrected chi connectivity index (χ1v) is 9.92. The molecule has 3 aromatic rings. The van der Waals surface area contributed by atoms with Crippen LogP contribution in [-0.4, -0.2) is 66.0 Å². The van der Waals surface area contributed by atoms with Gasteiger partial charge in [0.15, 0.2) is 5.65 Å². The van der Waals surface area contributed by atoms with Crippen LogP contribution in [-0.2, 0) is 18.4 Å². The van der Waals surface area contributed by atoms with Gasteiger partial charge in [-0.1, -0.05) is 0 Å². The molecule has 1 unspecified atom stereocenters. The molecule has 1 saturated heterocycles. The lowest BCUT2D eigenvalue weighted by atomic mass is 10.1. The Morgan fingerprint density at radius 1 is 1.28 bits per heavy atom.